The zero-order valence-corrected chi connectivity index (χ0v) is 13.3. The fourth-order valence-electron chi connectivity index (χ4n) is 2.31. The number of rotatable bonds is 7. The lowest BCUT2D eigenvalue weighted by Crippen LogP contribution is -2.53. The zero-order valence-electron chi connectivity index (χ0n) is 13.3. The van der Waals surface area contributed by atoms with E-state index < -0.39 is 0 Å². The van der Waals surface area contributed by atoms with Gasteiger partial charge in [-0.2, -0.15) is 0 Å². The van der Waals surface area contributed by atoms with E-state index in [0.29, 0.717) is 0 Å². The molecule has 1 aliphatic heterocycles. The van der Waals surface area contributed by atoms with E-state index in [9.17, 15) is 0 Å². The number of hydrazine groups is 1. The van der Waals surface area contributed by atoms with E-state index in [1.54, 1.807) is 0 Å². The summed E-state index contributed by atoms with van der Waals surface area (Å²) in [4.78, 5) is 0. The molecule has 0 spiro atoms. The monoisotopic (exact) mass is 298 g/mol. The number of nitrogens with one attached hydrogen (secondary N) is 3. The van der Waals surface area contributed by atoms with Crippen LogP contribution in [0.5, 0.6) is 0 Å². The summed E-state index contributed by atoms with van der Waals surface area (Å²) in [6.07, 6.45) is 7.45. The van der Waals surface area contributed by atoms with E-state index in [1.807, 2.05) is 11.1 Å². The van der Waals surface area contributed by atoms with Crippen molar-refractivity contribution in [3.05, 3.63) is 72.1 Å². The standard InChI is InChI=1S/C18H26N4/c1-3-17(14-18-8-5-4-6-9-18)10-7-11-20-16(2)22-13-12-19-15-21-22/h3-10,19-21H,2,11-15H2,1H3/b10-7-,17-3+. The van der Waals surface area contributed by atoms with Gasteiger partial charge in [0, 0.05) is 19.6 Å². The van der Waals surface area contributed by atoms with Gasteiger partial charge < -0.3 is 10.6 Å². The van der Waals surface area contributed by atoms with Gasteiger partial charge >= 0.3 is 0 Å². The van der Waals surface area contributed by atoms with Crippen LogP contribution < -0.4 is 16.1 Å². The molecule has 0 amide bonds. The second-order valence-electron chi connectivity index (χ2n) is 5.24. The van der Waals surface area contributed by atoms with Crippen molar-refractivity contribution in [2.45, 2.75) is 13.3 Å². The van der Waals surface area contributed by atoms with E-state index in [4.69, 9.17) is 0 Å². The highest BCUT2D eigenvalue weighted by Crippen LogP contribution is 2.08. The molecule has 0 radical (unpaired) electrons. The van der Waals surface area contributed by atoms with Gasteiger partial charge in [-0.3, -0.25) is 5.01 Å². The minimum Gasteiger partial charge on any atom is -0.368 e. The van der Waals surface area contributed by atoms with Crippen LogP contribution in [0, 0.1) is 0 Å². The molecule has 0 bridgehead atoms. The van der Waals surface area contributed by atoms with Gasteiger partial charge in [0.2, 0.25) is 0 Å². The molecule has 1 saturated heterocycles. The Morgan fingerprint density at radius 2 is 2.18 bits per heavy atom. The van der Waals surface area contributed by atoms with Crippen molar-refractivity contribution >= 4 is 0 Å². The Bertz CT molecular complexity index is 513. The third kappa shape index (κ3) is 5.39. The summed E-state index contributed by atoms with van der Waals surface area (Å²) in [7, 11) is 0. The maximum absolute atomic E-state index is 4.06. The highest BCUT2D eigenvalue weighted by Gasteiger charge is 2.09. The van der Waals surface area contributed by atoms with Crippen molar-refractivity contribution in [1.29, 1.82) is 0 Å². The van der Waals surface area contributed by atoms with E-state index in [1.165, 1.54) is 11.1 Å². The van der Waals surface area contributed by atoms with Crippen LogP contribution in [0.1, 0.15) is 12.5 Å². The lowest BCUT2D eigenvalue weighted by molar-refractivity contribution is 0.187. The van der Waals surface area contributed by atoms with E-state index in [-0.39, 0.29) is 0 Å². The molecule has 1 fully saturated rings. The Balaban J connectivity index is 1.74. The number of benzene rings is 1. The van der Waals surface area contributed by atoms with Gasteiger partial charge in [-0.1, -0.05) is 55.1 Å². The van der Waals surface area contributed by atoms with Gasteiger partial charge in [0.1, 0.15) is 5.82 Å². The lowest BCUT2D eigenvalue weighted by Gasteiger charge is -2.31. The number of hydrogen-bond acceptors (Lipinski definition) is 4. The Hall–Kier alpha value is -2.04. The van der Waals surface area contributed by atoms with Crippen LogP contribution in [-0.2, 0) is 6.42 Å². The average molecular weight is 298 g/mol. The van der Waals surface area contributed by atoms with Crippen LogP contribution in [0.15, 0.2) is 66.5 Å². The maximum Gasteiger partial charge on any atom is 0.109 e. The molecule has 1 aliphatic rings. The van der Waals surface area contributed by atoms with Crippen molar-refractivity contribution in [3.63, 3.8) is 0 Å². The molecule has 4 nitrogen and oxygen atoms in total. The molecular formula is C18H26N4. The van der Waals surface area contributed by atoms with Gasteiger partial charge in [0.05, 0.1) is 6.67 Å². The molecule has 4 heteroatoms. The summed E-state index contributed by atoms with van der Waals surface area (Å²) in [6.45, 7) is 9.60. The Morgan fingerprint density at radius 1 is 1.36 bits per heavy atom. The molecule has 2 rings (SSSR count). The lowest BCUT2D eigenvalue weighted by atomic mass is 10.0. The van der Waals surface area contributed by atoms with Crippen LogP contribution in [0.2, 0.25) is 0 Å². The van der Waals surface area contributed by atoms with Crippen LogP contribution in [0.4, 0.5) is 0 Å². The normalized spacial score (nSPS) is 16.0. The summed E-state index contributed by atoms with van der Waals surface area (Å²) in [5.41, 5.74) is 5.89. The largest absolute Gasteiger partial charge is 0.368 e. The van der Waals surface area contributed by atoms with Crippen LogP contribution in [-0.4, -0.2) is 31.3 Å². The van der Waals surface area contributed by atoms with E-state index in [0.717, 1.165) is 38.5 Å². The van der Waals surface area contributed by atoms with Gasteiger partial charge in [-0.15, -0.1) is 0 Å². The number of nitrogens with zero attached hydrogens (tertiary/aromatic N) is 1. The first-order chi connectivity index (χ1) is 10.8. The summed E-state index contributed by atoms with van der Waals surface area (Å²) >= 11 is 0. The molecule has 0 unspecified atom stereocenters. The minimum atomic E-state index is 0.774. The van der Waals surface area contributed by atoms with Crippen molar-refractivity contribution in [3.8, 4) is 0 Å². The number of hydrogen-bond donors (Lipinski definition) is 3. The van der Waals surface area contributed by atoms with E-state index >= 15 is 0 Å². The number of allylic oxidation sites excluding steroid dienone is 3. The summed E-state index contributed by atoms with van der Waals surface area (Å²) in [5, 5.41) is 8.61. The molecule has 0 aromatic heterocycles. The van der Waals surface area contributed by atoms with Crippen molar-refractivity contribution in [2.75, 3.05) is 26.3 Å². The summed E-state index contributed by atoms with van der Waals surface area (Å²) in [6, 6.07) is 10.5. The molecule has 1 aromatic carbocycles. The molecule has 0 atom stereocenters. The topological polar surface area (TPSA) is 39.3 Å². The third-order valence-electron chi connectivity index (χ3n) is 3.61. The van der Waals surface area contributed by atoms with Crippen LogP contribution in [0.25, 0.3) is 0 Å². The fraction of sp³-hybridized carbons (Fsp3) is 0.333. The molecule has 0 aliphatic carbocycles. The first kappa shape index (κ1) is 16.3. The first-order valence-electron chi connectivity index (χ1n) is 7.80. The third-order valence-corrected chi connectivity index (χ3v) is 3.61. The van der Waals surface area contributed by atoms with Crippen LogP contribution in [0.3, 0.4) is 0 Å². The molecule has 0 saturated carbocycles. The highest BCUT2D eigenvalue weighted by atomic mass is 15.6. The minimum absolute atomic E-state index is 0.774. The summed E-state index contributed by atoms with van der Waals surface area (Å²) in [5.74, 6) is 0.913. The predicted molar refractivity (Wildman–Crippen MR) is 92.9 cm³/mol. The second-order valence-corrected chi connectivity index (χ2v) is 5.24. The first-order valence-corrected chi connectivity index (χ1v) is 7.80. The second kappa shape index (κ2) is 9.07. The molecule has 1 aromatic rings. The highest BCUT2D eigenvalue weighted by molar-refractivity contribution is 5.28. The molecule has 3 N–H and O–H groups in total. The smallest absolute Gasteiger partial charge is 0.109 e. The van der Waals surface area contributed by atoms with Crippen LogP contribution >= 0.6 is 0 Å². The zero-order chi connectivity index (χ0) is 15.6. The average Bonchev–Trinajstić information content (AvgIpc) is 2.59. The summed E-state index contributed by atoms with van der Waals surface area (Å²) < 4.78 is 0. The van der Waals surface area contributed by atoms with Gasteiger partial charge in [-0.05, 0) is 24.5 Å². The Labute approximate surface area is 133 Å². The van der Waals surface area contributed by atoms with E-state index in [2.05, 4.69) is 72.1 Å². The van der Waals surface area contributed by atoms with Gasteiger partial charge in [-0.25, -0.2) is 5.43 Å². The quantitative estimate of drug-likeness (QED) is 0.675. The van der Waals surface area contributed by atoms with Crippen molar-refractivity contribution < 1.29 is 0 Å². The van der Waals surface area contributed by atoms with Gasteiger partial charge in [0.15, 0.2) is 0 Å². The van der Waals surface area contributed by atoms with Gasteiger partial charge in [0.25, 0.3) is 0 Å². The Kier molecular flexibility index (Phi) is 6.74. The predicted octanol–water partition coefficient (Wildman–Crippen LogP) is 2.16. The molecular weight excluding hydrogens is 272 g/mol. The van der Waals surface area contributed by atoms with Crippen molar-refractivity contribution in [1.82, 2.24) is 21.1 Å². The molecule has 118 valence electrons. The molecule has 1 heterocycles. The SMILES string of the molecule is C=C(NC/C=C\C(=C/C)Cc1ccccc1)N1CCNCN1. The maximum atomic E-state index is 4.06. The van der Waals surface area contributed by atoms with Crippen molar-refractivity contribution in [2.24, 2.45) is 0 Å². The molecule has 22 heavy (non-hydrogen) atoms. The fourth-order valence-corrected chi connectivity index (χ4v) is 2.31. The Morgan fingerprint density at radius 3 is 2.86 bits per heavy atom.